The lowest BCUT2D eigenvalue weighted by molar-refractivity contribution is 0.0992. The van der Waals surface area contributed by atoms with E-state index < -0.39 is 22.0 Å². The van der Waals surface area contributed by atoms with E-state index in [9.17, 15) is 17.6 Å². The van der Waals surface area contributed by atoms with Gasteiger partial charge in [0.2, 0.25) is 10.0 Å². The number of nitrogens with two attached hydrogens (primary N) is 1. The highest BCUT2D eigenvalue weighted by Crippen LogP contribution is 2.28. The molecule has 1 atom stereocenters. The number of nitrogens with zero attached hydrogens (tertiary/aromatic N) is 2. The van der Waals surface area contributed by atoms with Crippen LogP contribution in [0.15, 0.2) is 41.4 Å². The van der Waals surface area contributed by atoms with Crippen LogP contribution in [0.3, 0.4) is 0 Å². The molecule has 1 heterocycles. The molecule has 0 aliphatic rings. The Balaban J connectivity index is 2.42. The van der Waals surface area contributed by atoms with E-state index in [1.54, 1.807) is 33.0 Å². The molecule has 0 unspecified atom stereocenters. The Bertz CT molecular complexity index is 844. The second-order valence-corrected chi connectivity index (χ2v) is 7.36. The van der Waals surface area contributed by atoms with Gasteiger partial charge in [0.15, 0.2) is 0 Å². The summed E-state index contributed by atoms with van der Waals surface area (Å²) in [6.45, 7) is 3.67. The predicted octanol–water partition coefficient (Wildman–Crippen LogP) is 2.03. The molecule has 6 nitrogen and oxygen atoms in total. The fourth-order valence-corrected chi connectivity index (χ4v) is 4.32. The van der Waals surface area contributed by atoms with Gasteiger partial charge >= 0.3 is 0 Å². The fraction of sp³-hybridized carbons (Fsp3) is 0.312. The maximum atomic E-state index is 13.1. The third-order valence-corrected chi connectivity index (χ3v) is 5.95. The number of aromatic nitrogens is 1. The van der Waals surface area contributed by atoms with E-state index in [0.29, 0.717) is 5.56 Å². The number of sulfonamides is 1. The molecule has 2 rings (SSSR count). The second kappa shape index (κ2) is 6.74. The summed E-state index contributed by atoms with van der Waals surface area (Å²) in [5.74, 6) is -1.08. The third kappa shape index (κ3) is 3.34. The standard InChI is InChI=1S/C16H20FN3O3S/c1-4-20(11(2)12-5-7-13(17)8-6-12)24(22,23)14-9-15(16(18)21)19(3)10-14/h5-11H,4H2,1-3H3,(H2,18,21)/t11-/m0/s1. The summed E-state index contributed by atoms with van der Waals surface area (Å²) in [4.78, 5) is 11.3. The largest absolute Gasteiger partial charge is 0.364 e. The zero-order chi connectivity index (χ0) is 18.1. The van der Waals surface area contributed by atoms with Crippen LogP contribution >= 0.6 is 0 Å². The van der Waals surface area contributed by atoms with Crippen molar-refractivity contribution in [1.29, 1.82) is 0 Å². The van der Waals surface area contributed by atoms with E-state index in [1.807, 2.05) is 0 Å². The van der Waals surface area contributed by atoms with Gasteiger partial charge in [-0.2, -0.15) is 4.31 Å². The average molecular weight is 353 g/mol. The van der Waals surface area contributed by atoms with Gasteiger partial charge in [0.25, 0.3) is 5.91 Å². The summed E-state index contributed by atoms with van der Waals surface area (Å²) >= 11 is 0. The van der Waals surface area contributed by atoms with Gasteiger partial charge in [-0.1, -0.05) is 19.1 Å². The van der Waals surface area contributed by atoms with Crippen molar-refractivity contribution in [2.75, 3.05) is 6.54 Å². The quantitative estimate of drug-likeness (QED) is 0.862. The SMILES string of the molecule is CCN([C@@H](C)c1ccc(F)cc1)S(=O)(=O)c1cc(C(N)=O)n(C)c1. The normalized spacial score (nSPS) is 13.2. The molecule has 0 fully saturated rings. The summed E-state index contributed by atoms with van der Waals surface area (Å²) in [7, 11) is -2.28. The molecular weight excluding hydrogens is 333 g/mol. The first-order chi connectivity index (χ1) is 11.2. The molecule has 0 aliphatic carbocycles. The van der Waals surface area contributed by atoms with E-state index in [2.05, 4.69) is 0 Å². The highest BCUT2D eigenvalue weighted by Gasteiger charge is 2.30. The van der Waals surface area contributed by atoms with Gasteiger partial charge in [-0.3, -0.25) is 4.79 Å². The minimum Gasteiger partial charge on any atom is -0.364 e. The topological polar surface area (TPSA) is 85.4 Å². The Morgan fingerprint density at radius 3 is 2.38 bits per heavy atom. The first-order valence-corrected chi connectivity index (χ1v) is 8.86. The molecule has 1 aromatic heterocycles. The monoisotopic (exact) mass is 353 g/mol. The van der Waals surface area contributed by atoms with Crippen LogP contribution in [-0.2, 0) is 17.1 Å². The van der Waals surface area contributed by atoms with Crippen LogP contribution in [0.4, 0.5) is 4.39 Å². The summed E-state index contributed by atoms with van der Waals surface area (Å²) in [5.41, 5.74) is 6.03. The van der Waals surface area contributed by atoms with Crippen LogP contribution in [0.5, 0.6) is 0 Å². The molecule has 24 heavy (non-hydrogen) atoms. The van der Waals surface area contributed by atoms with Crippen molar-refractivity contribution in [3.63, 3.8) is 0 Å². The average Bonchev–Trinajstić information content (AvgIpc) is 2.91. The Kier molecular flexibility index (Phi) is 5.10. The molecule has 0 saturated carbocycles. The van der Waals surface area contributed by atoms with Gasteiger partial charge in [-0.15, -0.1) is 0 Å². The van der Waals surface area contributed by atoms with E-state index in [-0.39, 0.29) is 23.0 Å². The second-order valence-electron chi connectivity index (χ2n) is 5.47. The van der Waals surface area contributed by atoms with Crippen molar-refractivity contribution >= 4 is 15.9 Å². The smallest absolute Gasteiger partial charge is 0.265 e. The number of hydrogen-bond acceptors (Lipinski definition) is 3. The first-order valence-electron chi connectivity index (χ1n) is 7.42. The lowest BCUT2D eigenvalue weighted by Crippen LogP contribution is -2.33. The Morgan fingerprint density at radius 2 is 1.92 bits per heavy atom. The van der Waals surface area contributed by atoms with Crippen molar-refractivity contribution in [2.45, 2.75) is 24.8 Å². The minimum atomic E-state index is -3.83. The zero-order valence-electron chi connectivity index (χ0n) is 13.7. The molecule has 2 aromatic rings. The first kappa shape index (κ1) is 18.2. The van der Waals surface area contributed by atoms with Crippen molar-refractivity contribution in [3.8, 4) is 0 Å². The zero-order valence-corrected chi connectivity index (χ0v) is 14.5. The van der Waals surface area contributed by atoms with Gasteiger partial charge in [0, 0.05) is 25.8 Å². The highest BCUT2D eigenvalue weighted by molar-refractivity contribution is 7.89. The van der Waals surface area contributed by atoms with Crippen molar-refractivity contribution in [3.05, 3.63) is 53.6 Å². The van der Waals surface area contributed by atoms with Gasteiger partial charge in [0.1, 0.15) is 16.4 Å². The van der Waals surface area contributed by atoms with Crippen LogP contribution in [0.2, 0.25) is 0 Å². The van der Waals surface area contributed by atoms with Crippen molar-refractivity contribution in [1.82, 2.24) is 8.87 Å². The van der Waals surface area contributed by atoms with Crippen LogP contribution in [0, 0.1) is 5.82 Å². The molecule has 0 spiro atoms. The molecule has 0 saturated heterocycles. The molecule has 0 radical (unpaired) electrons. The number of amides is 1. The third-order valence-electron chi connectivity index (χ3n) is 3.93. The molecule has 1 aromatic carbocycles. The molecule has 0 aliphatic heterocycles. The van der Waals surface area contributed by atoms with Crippen LogP contribution in [0.25, 0.3) is 0 Å². The van der Waals surface area contributed by atoms with E-state index in [0.717, 1.165) is 0 Å². The van der Waals surface area contributed by atoms with Gasteiger partial charge < -0.3 is 10.3 Å². The Hall–Kier alpha value is -2.19. The fourth-order valence-electron chi connectivity index (χ4n) is 2.62. The van der Waals surface area contributed by atoms with Crippen LogP contribution in [0.1, 0.15) is 35.9 Å². The lowest BCUT2D eigenvalue weighted by atomic mass is 10.1. The summed E-state index contributed by atoms with van der Waals surface area (Å²) < 4.78 is 41.6. The van der Waals surface area contributed by atoms with Gasteiger partial charge in [-0.05, 0) is 30.7 Å². The molecule has 2 N–H and O–H groups in total. The van der Waals surface area contributed by atoms with E-state index in [4.69, 9.17) is 5.73 Å². The molecule has 0 bridgehead atoms. The van der Waals surface area contributed by atoms with Gasteiger partial charge in [0.05, 0.1) is 0 Å². The summed E-state index contributed by atoms with van der Waals surface area (Å²) in [6, 6.07) is 6.46. The molecular formula is C16H20FN3O3S. The number of primary amides is 1. The maximum Gasteiger partial charge on any atom is 0.265 e. The number of halogens is 1. The van der Waals surface area contributed by atoms with Crippen LogP contribution < -0.4 is 5.73 Å². The predicted molar refractivity (Wildman–Crippen MR) is 88.3 cm³/mol. The Labute approximate surface area is 140 Å². The molecule has 8 heteroatoms. The number of carbonyl (C=O) groups is 1. The highest BCUT2D eigenvalue weighted by atomic mass is 32.2. The summed E-state index contributed by atoms with van der Waals surface area (Å²) in [5, 5.41) is 0. The van der Waals surface area contributed by atoms with Crippen molar-refractivity contribution < 1.29 is 17.6 Å². The Morgan fingerprint density at radius 1 is 1.33 bits per heavy atom. The molecule has 1 amide bonds. The van der Waals surface area contributed by atoms with E-state index >= 15 is 0 Å². The van der Waals surface area contributed by atoms with Crippen molar-refractivity contribution in [2.24, 2.45) is 12.8 Å². The number of rotatable bonds is 6. The number of carbonyl (C=O) groups excluding carboxylic acids is 1. The van der Waals surface area contributed by atoms with Crippen LogP contribution in [-0.4, -0.2) is 29.7 Å². The van der Waals surface area contributed by atoms with Gasteiger partial charge in [-0.25, -0.2) is 12.8 Å². The molecule has 130 valence electrons. The summed E-state index contributed by atoms with van der Waals surface area (Å²) in [6.07, 6.45) is 1.36. The number of aryl methyl sites for hydroxylation is 1. The number of benzene rings is 1. The minimum absolute atomic E-state index is 0.00499. The lowest BCUT2D eigenvalue weighted by Gasteiger charge is -2.27. The van der Waals surface area contributed by atoms with E-state index in [1.165, 1.54) is 33.3 Å². The maximum absolute atomic E-state index is 13.1. The number of hydrogen-bond donors (Lipinski definition) is 1.